The molecule has 0 unspecified atom stereocenters. The highest BCUT2D eigenvalue weighted by Gasteiger charge is 2.28. The van der Waals surface area contributed by atoms with E-state index >= 15 is 0 Å². The fourth-order valence-electron chi connectivity index (χ4n) is 3.38. The molecule has 0 saturated carbocycles. The largest absolute Gasteiger partial charge is 0.471 e. The van der Waals surface area contributed by atoms with Crippen LogP contribution in [0.1, 0.15) is 13.3 Å². The highest BCUT2D eigenvalue weighted by molar-refractivity contribution is 5.89. The Labute approximate surface area is 166 Å². The zero-order valence-electron chi connectivity index (χ0n) is 16.0. The predicted molar refractivity (Wildman–Crippen MR) is 105 cm³/mol. The first-order valence-electron chi connectivity index (χ1n) is 9.12. The van der Waals surface area contributed by atoms with Gasteiger partial charge in [-0.2, -0.15) is 4.98 Å². The average molecular weight is 396 g/mol. The van der Waals surface area contributed by atoms with Gasteiger partial charge in [0.1, 0.15) is 18.3 Å². The van der Waals surface area contributed by atoms with Crippen LogP contribution in [0.2, 0.25) is 0 Å². The lowest BCUT2D eigenvalue weighted by atomic mass is 10.2. The Morgan fingerprint density at radius 2 is 2.00 bits per heavy atom. The maximum Gasteiger partial charge on any atom is 0.407 e. The quantitative estimate of drug-likeness (QED) is 0.692. The van der Waals surface area contributed by atoms with Crippen molar-refractivity contribution in [3.63, 3.8) is 0 Å². The van der Waals surface area contributed by atoms with Crippen molar-refractivity contribution in [2.24, 2.45) is 7.05 Å². The molecule has 1 aliphatic rings. The molecule has 0 aliphatic carbocycles. The van der Waals surface area contributed by atoms with Crippen LogP contribution in [0.4, 0.5) is 10.5 Å². The van der Waals surface area contributed by atoms with E-state index < -0.39 is 6.09 Å². The van der Waals surface area contributed by atoms with Gasteiger partial charge in [-0.15, -0.1) is 0 Å². The number of hydrogen-bond donors (Lipinski definition) is 2. The Morgan fingerprint density at radius 1 is 1.24 bits per heavy atom. The number of hydrogen-bond acceptors (Lipinski definition) is 6. The molecule has 1 atom stereocenters. The molecule has 1 saturated heterocycles. The van der Waals surface area contributed by atoms with Gasteiger partial charge in [-0.05, 0) is 24.3 Å². The molecule has 3 aromatic rings. The summed E-state index contributed by atoms with van der Waals surface area (Å²) in [6, 6.07) is 7.33. The van der Waals surface area contributed by atoms with Crippen LogP contribution in [0.25, 0.3) is 22.6 Å². The van der Waals surface area contributed by atoms with Crippen molar-refractivity contribution in [2.45, 2.75) is 19.4 Å². The smallest absolute Gasteiger partial charge is 0.407 e. The second-order valence-corrected chi connectivity index (χ2v) is 6.86. The number of fused-ring (bicyclic) bond motifs is 1. The van der Waals surface area contributed by atoms with Crippen molar-refractivity contribution in [2.75, 3.05) is 18.4 Å². The van der Waals surface area contributed by atoms with E-state index in [4.69, 9.17) is 9.84 Å². The molecule has 1 aliphatic heterocycles. The minimum absolute atomic E-state index is 0.133. The number of ether oxygens (including phenoxy) is 1. The summed E-state index contributed by atoms with van der Waals surface area (Å²) in [7, 11) is 1.85. The van der Waals surface area contributed by atoms with Crippen molar-refractivity contribution in [3.05, 3.63) is 30.6 Å². The number of anilines is 1. The lowest BCUT2D eigenvalue weighted by molar-refractivity contribution is -0.114. The van der Waals surface area contributed by atoms with Crippen molar-refractivity contribution in [1.29, 1.82) is 0 Å². The number of amides is 2. The lowest BCUT2D eigenvalue weighted by Crippen LogP contribution is -2.29. The Morgan fingerprint density at radius 3 is 2.66 bits per heavy atom. The number of carboxylic acid groups (broad SMARTS) is 1. The number of nitrogens with zero attached hydrogens (tertiary/aromatic N) is 5. The van der Waals surface area contributed by atoms with E-state index in [1.165, 1.54) is 18.2 Å². The lowest BCUT2D eigenvalue weighted by Gasteiger charge is -2.13. The monoisotopic (exact) mass is 396 g/mol. The Kier molecular flexibility index (Phi) is 4.75. The molecule has 0 radical (unpaired) electrons. The second-order valence-electron chi connectivity index (χ2n) is 6.86. The molecular weight excluding hydrogens is 376 g/mol. The molecule has 2 amide bonds. The molecule has 1 aromatic carbocycles. The van der Waals surface area contributed by atoms with Gasteiger partial charge < -0.3 is 24.6 Å². The number of aryl methyl sites for hydroxylation is 1. The molecule has 2 aromatic heterocycles. The van der Waals surface area contributed by atoms with Gasteiger partial charge in [-0.25, -0.2) is 14.8 Å². The van der Waals surface area contributed by atoms with Crippen molar-refractivity contribution in [3.8, 4) is 17.3 Å². The first kappa shape index (κ1) is 18.7. The summed E-state index contributed by atoms with van der Waals surface area (Å²) in [5, 5.41) is 11.8. The van der Waals surface area contributed by atoms with Gasteiger partial charge in [-0.1, -0.05) is 0 Å². The maximum atomic E-state index is 11.2. The third-order valence-electron chi connectivity index (χ3n) is 4.78. The molecule has 0 spiro atoms. The van der Waals surface area contributed by atoms with Crippen LogP contribution in [0.5, 0.6) is 5.88 Å². The summed E-state index contributed by atoms with van der Waals surface area (Å²) in [4.78, 5) is 36.8. The number of carbonyl (C=O) groups is 2. The standard InChI is InChI=1S/C19H20N6O4/c1-11(26)22-13-5-3-12(4-6-13)16-23-15-17(24(16)2)20-10-21-18(15)29-14-7-8-25(9-14)19(27)28/h3-6,10,14H,7-9H2,1-2H3,(H,22,26)(H,27,28)/t14-/m0/s1. The van der Waals surface area contributed by atoms with E-state index in [0.29, 0.717) is 48.1 Å². The maximum absolute atomic E-state index is 11.2. The number of imidazole rings is 1. The van der Waals surface area contributed by atoms with Crippen molar-refractivity contribution >= 4 is 28.9 Å². The fraction of sp³-hybridized carbons (Fsp3) is 0.316. The number of rotatable bonds is 4. The van der Waals surface area contributed by atoms with E-state index in [0.717, 1.165) is 5.56 Å². The second kappa shape index (κ2) is 7.38. The molecule has 10 nitrogen and oxygen atoms in total. The summed E-state index contributed by atoms with van der Waals surface area (Å²) in [6.45, 7) is 2.19. The van der Waals surface area contributed by atoms with Crippen LogP contribution >= 0.6 is 0 Å². The highest BCUT2D eigenvalue weighted by Crippen LogP contribution is 2.29. The molecule has 2 N–H and O–H groups in total. The molecular formula is C19H20N6O4. The Bertz CT molecular complexity index is 1080. The van der Waals surface area contributed by atoms with Gasteiger partial charge in [0.15, 0.2) is 11.2 Å². The Hall–Kier alpha value is -3.69. The topological polar surface area (TPSA) is 122 Å². The third-order valence-corrected chi connectivity index (χ3v) is 4.78. The van der Waals surface area contributed by atoms with Crippen LogP contribution in [0.3, 0.4) is 0 Å². The normalized spacial score (nSPS) is 16.2. The highest BCUT2D eigenvalue weighted by atomic mass is 16.5. The number of nitrogens with one attached hydrogen (secondary N) is 1. The molecule has 29 heavy (non-hydrogen) atoms. The number of aromatic nitrogens is 4. The van der Waals surface area contributed by atoms with Crippen LogP contribution in [-0.4, -0.2) is 60.7 Å². The van der Waals surface area contributed by atoms with Crippen LogP contribution in [0, 0.1) is 0 Å². The summed E-state index contributed by atoms with van der Waals surface area (Å²) in [5.41, 5.74) is 2.69. The minimum atomic E-state index is -0.952. The molecule has 0 bridgehead atoms. The molecule has 10 heteroatoms. The van der Waals surface area contributed by atoms with Crippen LogP contribution in [-0.2, 0) is 11.8 Å². The van der Waals surface area contributed by atoms with E-state index in [1.54, 1.807) is 12.1 Å². The first-order chi connectivity index (χ1) is 13.9. The average Bonchev–Trinajstić information content (AvgIpc) is 3.28. The first-order valence-corrected chi connectivity index (χ1v) is 9.12. The summed E-state index contributed by atoms with van der Waals surface area (Å²) < 4.78 is 7.80. The Balaban J connectivity index is 1.63. The van der Waals surface area contributed by atoms with Gasteiger partial charge in [0.2, 0.25) is 11.8 Å². The summed E-state index contributed by atoms with van der Waals surface area (Å²) >= 11 is 0. The summed E-state index contributed by atoms with van der Waals surface area (Å²) in [5.74, 6) is 0.883. The van der Waals surface area contributed by atoms with Gasteiger partial charge in [0, 0.05) is 38.2 Å². The zero-order chi connectivity index (χ0) is 20.5. The van der Waals surface area contributed by atoms with Crippen molar-refractivity contribution < 1.29 is 19.4 Å². The van der Waals surface area contributed by atoms with E-state index in [2.05, 4.69) is 20.3 Å². The predicted octanol–water partition coefficient (Wildman–Crippen LogP) is 2.12. The fourth-order valence-corrected chi connectivity index (χ4v) is 3.38. The van der Waals surface area contributed by atoms with E-state index in [9.17, 15) is 9.59 Å². The van der Waals surface area contributed by atoms with Crippen LogP contribution < -0.4 is 10.1 Å². The summed E-state index contributed by atoms with van der Waals surface area (Å²) in [6.07, 6.45) is 0.785. The number of benzene rings is 1. The number of carbonyl (C=O) groups excluding carboxylic acids is 1. The van der Waals surface area contributed by atoms with Crippen LogP contribution in [0.15, 0.2) is 30.6 Å². The van der Waals surface area contributed by atoms with Crippen molar-refractivity contribution in [1.82, 2.24) is 24.4 Å². The van der Waals surface area contributed by atoms with Gasteiger partial charge in [0.25, 0.3) is 0 Å². The zero-order valence-corrected chi connectivity index (χ0v) is 16.0. The van der Waals surface area contributed by atoms with E-state index in [-0.39, 0.29) is 12.0 Å². The molecule has 1 fully saturated rings. The van der Waals surface area contributed by atoms with Gasteiger partial charge in [0.05, 0.1) is 6.54 Å². The SMILES string of the molecule is CC(=O)Nc1ccc(-c2nc3c(O[C@H]4CCN(C(=O)O)C4)ncnc3n2C)cc1. The third kappa shape index (κ3) is 3.68. The molecule has 150 valence electrons. The van der Waals surface area contributed by atoms with E-state index in [1.807, 2.05) is 23.7 Å². The number of likely N-dealkylation sites (tertiary alicyclic amines) is 1. The molecule has 3 heterocycles. The van der Waals surface area contributed by atoms with Gasteiger partial charge >= 0.3 is 6.09 Å². The minimum Gasteiger partial charge on any atom is -0.471 e. The molecule has 4 rings (SSSR count). The van der Waals surface area contributed by atoms with Gasteiger partial charge in [-0.3, -0.25) is 4.79 Å².